The zero-order chi connectivity index (χ0) is 8.39. The standard InChI is InChI=1S/C12H14/c1-10-6-5-9-12(10)11-7-3-2-4-8-11/h2-4,6-8,12H,5,9H2,1H3. The Hall–Kier alpha value is -1.04. The van der Waals surface area contributed by atoms with Gasteiger partial charge in [0.25, 0.3) is 0 Å². The molecule has 2 rings (SSSR count). The molecule has 1 aromatic carbocycles. The van der Waals surface area contributed by atoms with Crippen molar-refractivity contribution in [1.82, 2.24) is 0 Å². The van der Waals surface area contributed by atoms with Crippen LogP contribution in [-0.2, 0) is 0 Å². The Bertz CT molecular complexity index is 282. The fourth-order valence-electron chi connectivity index (χ4n) is 1.96. The second-order valence-corrected chi connectivity index (χ2v) is 3.49. The van der Waals surface area contributed by atoms with E-state index < -0.39 is 0 Å². The summed E-state index contributed by atoms with van der Waals surface area (Å²) in [4.78, 5) is 0. The van der Waals surface area contributed by atoms with Crippen LogP contribution < -0.4 is 0 Å². The minimum absolute atomic E-state index is 0.700. The third kappa shape index (κ3) is 1.29. The summed E-state index contributed by atoms with van der Waals surface area (Å²) in [5, 5.41) is 0. The number of benzene rings is 1. The summed E-state index contributed by atoms with van der Waals surface area (Å²) in [6, 6.07) is 10.8. The molecular weight excluding hydrogens is 144 g/mol. The SMILES string of the molecule is CC1=CCCC1c1ccccc1. The van der Waals surface area contributed by atoms with Crippen molar-refractivity contribution in [3.63, 3.8) is 0 Å². The molecule has 0 amide bonds. The summed E-state index contributed by atoms with van der Waals surface area (Å²) in [5.41, 5.74) is 3.02. The fraction of sp³-hybridized carbons (Fsp3) is 0.333. The van der Waals surface area contributed by atoms with Crippen LogP contribution in [-0.4, -0.2) is 0 Å². The summed E-state index contributed by atoms with van der Waals surface area (Å²) in [6.07, 6.45) is 4.92. The maximum Gasteiger partial charge on any atom is 0.00483 e. The third-order valence-electron chi connectivity index (χ3n) is 2.67. The summed E-state index contributed by atoms with van der Waals surface area (Å²) >= 11 is 0. The lowest BCUT2D eigenvalue weighted by atomic mass is 9.94. The van der Waals surface area contributed by atoms with E-state index in [0.29, 0.717) is 5.92 Å². The van der Waals surface area contributed by atoms with Gasteiger partial charge in [0.1, 0.15) is 0 Å². The van der Waals surface area contributed by atoms with E-state index in [1.807, 2.05) is 0 Å². The normalized spacial score (nSPS) is 22.4. The van der Waals surface area contributed by atoms with Crippen molar-refractivity contribution < 1.29 is 0 Å². The lowest BCUT2D eigenvalue weighted by Crippen LogP contribution is -1.94. The molecule has 0 heterocycles. The van der Waals surface area contributed by atoms with Crippen molar-refractivity contribution in [1.29, 1.82) is 0 Å². The first-order valence-corrected chi connectivity index (χ1v) is 4.59. The minimum Gasteiger partial charge on any atom is -0.0850 e. The maximum absolute atomic E-state index is 2.36. The van der Waals surface area contributed by atoms with Gasteiger partial charge in [-0.15, -0.1) is 0 Å². The second-order valence-electron chi connectivity index (χ2n) is 3.49. The minimum atomic E-state index is 0.700. The van der Waals surface area contributed by atoms with E-state index in [-0.39, 0.29) is 0 Å². The molecule has 0 bridgehead atoms. The molecule has 62 valence electrons. The van der Waals surface area contributed by atoms with Gasteiger partial charge in [0.05, 0.1) is 0 Å². The van der Waals surface area contributed by atoms with E-state index in [9.17, 15) is 0 Å². The van der Waals surface area contributed by atoms with Gasteiger partial charge in [0, 0.05) is 5.92 Å². The zero-order valence-corrected chi connectivity index (χ0v) is 7.46. The summed E-state index contributed by atoms with van der Waals surface area (Å²) < 4.78 is 0. The molecule has 1 aromatic rings. The average Bonchev–Trinajstić information content (AvgIpc) is 2.53. The molecule has 0 aromatic heterocycles. The van der Waals surface area contributed by atoms with Crippen molar-refractivity contribution in [3.8, 4) is 0 Å². The van der Waals surface area contributed by atoms with Gasteiger partial charge in [0.2, 0.25) is 0 Å². The Morgan fingerprint density at radius 2 is 1.92 bits per heavy atom. The van der Waals surface area contributed by atoms with Crippen molar-refractivity contribution >= 4 is 0 Å². The van der Waals surface area contributed by atoms with Crippen molar-refractivity contribution in [2.75, 3.05) is 0 Å². The van der Waals surface area contributed by atoms with Crippen molar-refractivity contribution in [2.45, 2.75) is 25.7 Å². The van der Waals surface area contributed by atoms with E-state index in [1.54, 1.807) is 5.57 Å². The van der Waals surface area contributed by atoms with Crippen LogP contribution in [0.15, 0.2) is 42.0 Å². The molecule has 0 fully saturated rings. The van der Waals surface area contributed by atoms with Crippen LogP contribution in [0.3, 0.4) is 0 Å². The van der Waals surface area contributed by atoms with Crippen LogP contribution in [0.2, 0.25) is 0 Å². The van der Waals surface area contributed by atoms with Crippen LogP contribution >= 0.6 is 0 Å². The van der Waals surface area contributed by atoms with Gasteiger partial charge in [-0.3, -0.25) is 0 Å². The average molecular weight is 158 g/mol. The number of allylic oxidation sites excluding steroid dienone is 2. The molecule has 0 heteroatoms. The molecule has 0 aliphatic heterocycles. The van der Waals surface area contributed by atoms with Crippen LogP contribution in [0, 0.1) is 0 Å². The van der Waals surface area contributed by atoms with Crippen LogP contribution in [0.25, 0.3) is 0 Å². The highest BCUT2D eigenvalue weighted by Gasteiger charge is 2.16. The second kappa shape index (κ2) is 3.14. The molecule has 0 saturated heterocycles. The number of hydrogen-bond donors (Lipinski definition) is 0. The lowest BCUT2D eigenvalue weighted by Gasteiger charge is -2.11. The molecule has 1 unspecified atom stereocenters. The predicted octanol–water partition coefficient (Wildman–Crippen LogP) is 3.51. The molecule has 1 atom stereocenters. The molecule has 0 N–H and O–H groups in total. The van der Waals surface area contributed by atoms with Crippen LogP contribution in [0.5, 0.6) is 0 Å². The van der Waals surface area contributed by atoms with Gasteiger partial charge < -0.3 is 0 Å². The first-order valence-electron chi connectivity index (χ1n) is 4.59. The fourth-order valence-corrected chi connectivity index (χ4v) is 1.96. The Morgan fingerprint density at radius 3 is 2.50 bits per heavy atom. The maximum atomic E-state index is 2.36. The van der Waals surface area contributed by atoms with Gasteiger partial charge in [0.15, 0.2) is 0 Å². The van der Waals surface area contributed by atoms with E-state index in [0.717, 1.165) is 0 Å². The molecule has 0 spiro atoms. The Labute approximate surface area is 73.9 Å². The van der Waals surface area contributed by atoms with Crippen molar-refractivity contribution in [2.24, 2.45) is 0 Å². The molecule has 1 aliphatic carbocycles. The van der Waals surface area contributed by atoms with Gasteiger partial charge in [-0.1, -0.05) is 42.0 Å². The number of rotatable bonds is 1. The highest BCUT2D eigenvalue weighted by atomic mass is 14.2. The smallest absolute Gasteiger partial charge is 0.00483 e. The van der Waals surface area contributed by atoms with E-state index >= 15 is 0 Å². The van der Waals surface area contributed by atoms with E-state index in [4.69, 9.17) is 0 Å². The summed E-state index contributed by atoms with van der Waals surface area (Å²) in [6.45, 7) is 2.24. The quantitative estimate of drug-likeness (QED) is 0.549. The molecule has 12 heavy (non-hydrogen) atoms. The van der Waals surface area contributed by atoms with Gasteiger partial charge in [-0.05, 0) is 25.3 Å². The lowest BCUT2D eigenvalue weighted by molar-refractivity contribution is 0.772. The highest BCUT2D eigenvalue weighted by molar-refractivity contribution is 5.30. The first kappa shape index (κ1) is 7.60. The third-order valence-corrected chi connectivity index (χ3v) is 2.67. The highest BCUT2D eigenvalue weighted by Crippen LogP contribution is 2.34. The van der Waals surface area contributed by atoms with E-state index in [2.05, 4.69) is 43.3 Å². The molecule has 0 nitrogen and oxygen atoms in total. The predicted molar refractivity (Wildman–Crippen MR) is 52.2 cm³/mol. The zero-order valence-electron chi connectivity index (χ0n) is 7.46. The Balaban J connectivity index is 2.27. The topological polar surface area (TPSA) is 0 Å². The molecule has 0 saturated carbocycles. The van der Waals surface area contributed by atoms with Gasteiger partial charge in [-0.2, -0.15) is 0 Å². The monoisotopic (exact) mass is 158 g/mol. The summed E-state index contributed by atoms with van der Waals surface area (Å²) in [5.74, 6) is 0.700. The van der Waals surface area contributed by atoms with Gasteiger partial charge >= 0.3 is 0 Å². The molecular formula is C12H14. The summed E-state index contributed by atoms with van der Waals surface area (Å²) in [7, 11) is 0. The molecule has 1 aliphatic rings. The van der Waals surface area contributed by atoms with Crippen molar-refractivity contribution in [3.05, 3.63) is 47.5 Å². The first-order chi connectivity index (χ1) is 5.88. The Kier molecular flexibility index (Phi) is 1.99. The number of hydrogen-bond acceptors (Lipinski definition) is 0. The van der Waals surface area contributed by atoms with Crippen LogP contribution in [0.1, 0.15) is 31.2 Å². The largest absolute Gasteiger partial charge is 0.0850 e. The van der Waals surface area contributed by atoms with Gasteiger partial charge in [-0.25, -0.2) is 0 Å². The van der Waals surface area contributed by atoms with Crippen LogP contribution in [0.4, 0.5) is 0 Å². The molecule has 0 radical (unpaired) electrons. The Morgan fingerprint density at radius 1 is 1.17 bits per heavy atom. The van der Waals surface area contributed by atoms with E-state index in [1.165, 1.54) is 18.4 Å².